The van der Waals surface area contributed by atoms with Crippen LogP contribution in [-0.4, -0.2) is 16.7 Å². The Morgan fingerprint density at radius 3 is 3.15 bits per heavy atom. The molecule has 0 saturated heterocycles. The van der Waals surface area contributed by atoms with E-state index in [1.54, 1.807) is 24.4 Å². The van der Waals surface area contributed by atoms with Crippen molar-refractivity contribution in [2.45, 2.75) is 13.0 Å². The second kappa shape index (κ2) is 5.32. The van der Waals surface area contributed by atoms with Gasteiger partial charge in [0.1, 0.15) is 5.75 Å². The number of aliphatic hydroxyl groups is 1. The molecule has 0 aliphatic carbocycles. The van der Waals surface area contributed by atoms with Crippen LogP contribution < -0.4 is 4.74 Å². The zero-order chi connectivity index (χ0) is 9.52. The van der Waals surface area contributed by atoms with E-state index in [9.17, 15) is 0 Å². The van der Waals surface area contributed by atoms with Crippen LogP contribution >= 0.6 is 0 Å². The molecule has 1 aromatic heterocycles. The maximum atomic E-state index is 8.80. The molecule has 1 rings (SSSR count). The molecule has 1 aromatic rings. The molecule has 0 aliphatic heterocycles. The Balaban J connectivity index is 2.50. The molecule has 70 valence electrons. The predicted octanol–water partition coefficient (Wildman–Crippen LogP) is 1.53. The van der Waals surface area contributed by atoms with Crippen molar-refractivity contribution in [1.82, 2.24) is 4.98 Å². The van der Waals surface area contributed by atoms with Crippen molar-refractivity contribution in [1.29, 1.82) is 0 Å². The maximum Gasteiger partial charge on any atom is 0.122 e. The third kappa shape index (κ3) is 3.25. The van der Waals surface area contributed by atoms with Gasteiger partial charge in [-0.2, -0.15) is 0 Å². The monoisotopic (exact) mass is 179 g/mol. The first kappa shape index (κ1) is 9.74. The summed E-state index contributed by atoms with van der Waals surface area (Å²) in [6.07, 6.45) is 4.24. The quantitative estimate of drug-likeness (QED) is 0.550. The smallest absolute Gasteiger partial charge is 0.122 e. The van der Waals surface area contributed by atoms with E-state index in [2.05, 4.69) is 11.6 Å². The van der Waals surface area contributed by atoms with E-state index in [1.165, 1.54) is 0 Å². The van der Waals surface area contributed by atoms with E-state index in [4.69, 9.17) is 9.84 Å². The zero-order valence-corrected chi connectivity index (χ0v) is 7.44. The summed E-state index contributed by atoms with van der Waals surface area (Å²) in [5.74, 6) is 0.737. The molecule has 0 saturated carbocycles. The van der Waals surface area contributed by atoms with Crippen LogP contribution in [0.15, 0.2) is 31.0 Å². The molecule has 1 heterocycles. The van der Waals surface area contributed by atoms with Gasteiger partial charge in [0.25, 0.3) is 0 Å². The van der Waals surface area contributed by atoms with Crippen LogP contribution in [-0.2, 0) is 6.61 Å². The van der Waals surface area contributed by atoms with Gasteiger partial charge in [0.2, 0.25) is 0 Å². The molecule has 3 heteroatoms. The van der Waals surface area contributed by atoms with Crippen molar-refractivity contribution in [2.24, 2.45) is 0 Å². The van der Waals surface area contributed by atoms with Gasteiger partial charge in [-0.1, -0.05) is 6.08 Å². The summed E-state index contributed by atoms with van der Waals surface area (Å²) in [6.45, 7) is 4.15. The molecule has 0 bridgehead atoms. The Morgan fingerprint density at radius 1 is 1.62 bits per heavy atom. The van der Waals surface area contributed by atoms with Crippen molar-refractivity contribution in [2.75, 3.05) is 6.61 Å². The van der Waals surface area contributed by atoms with Crippen LogP contribution in [0.5, 0.6) is 5.75 Å². The van der Waals surface area contributed by atoms with Crippen molar-refractivity contribution in [3.8, 4) is 5.75 Å². The molecular formula is C10H13NO2. The predicted molar refractivity (Wildman–Crippen MR) is 50.5 cm³/mol. The molecule has 0 fully saturated rings. The maximum absolute atomic E-state index is 8.80. The molecule has 1 N–H and O–H groups in total. The fraction of sp³-hybridized carbons (Fsp3) is 0.300. The highest BCUT2D eigenvalue weighted by Gasteiger charge is 1.95. The average Bonchev–Trinajstić information content (AvgIpc) is 2.19. The second-order valence-corrected chi connectivity index (χ2v) is 2.57. The summed E-state index contributed by atoms with van der Waals surface area (Å²) in [4.78, 5) is 3.94. The van der Waals surface area contributed by atoms with E-state index < -0.39 is 0 Å². The number of rotatable bonds is 5. The summed E-state index contributed by atoms with van der Waals surface area (Å²) >= 11 is 0. The number of aromatic nitrogens is 1. The highest BCUT2D eigenvalue weighted by atomic mass is 16.5. The Hall–Kier alpha value is -1.35. The van der Waals surface area contributed by atoms with Crippen molar-refractivity contribution < 1.29 is 9.84 Å². The summed E-state index contributed by atoms with van der Waals surface area (Å²) in [6, 6.07) is 3.49. The standard InChI is InChI=1S/C10H13NO2/c1-2-3-6-13-10-4-5-11-9(7-10)8-12/h2,4-5,7,12H,1,3,6,8H2. The summed E-state index contributed by atoms with van der Waals surface area (Å²) in [5.41, 5.74) is 0.621. The molecule has 13 heavy (non-hydrogen) atoms. The molecular weight excluding hydrogens is 166 g/mol. The van der Waals surface area contributed by atoms with E-state index in [1.807, 2.05) is 0 Å². The van der Waals surface area contributed by atoms with E-state index >= 15 is 0 Å². The van der Waals surface area contributed by atoms with E-state index in [0.29, 0.717) is 12.3 Å². The lowest BCUT2D eigenvalue weighted by atomic mass is 10.3. The molecule has 0 aromatic carbocycles. The molecule has 0 unspecified atom stereocenters. The first-order chi connectivity index (χ1) is 6.36. The van der Waals surface area contributed by atoms with Crippen molar-refractivity contribution in [3.05, 3.63) is 36.7 Å². The summed E-state index contributed by atoms with van der Waals surface area (Å²) in [5, 5.41) is 8.80. The van der Waals surface area contributed by atoms with Gasteiger partial charge in [-0.25, -0.2) is 0 Å². The fourth-order valence-corrected chi connectivity index (χ4v) is 0.892. The largest absolute Gasteiger partial charge is 0.493 e. The second-order valence-electron chi connectivity index (χ2n) is 2.57. The Morgan fingerprint density at radius 2 is 2.46 bits per heavy atom. The first-order valence-corrected chi connectivity index (χ1v) is 4.16. The van der Waals surface area contributed by atoms with Gasteiger partial charge in [0.15, 0.2) is 0 Å². The lowest BCUT2D eigenvalue weighted by molar-refractivity contribution is 0.274. The number of nitrogens with zero attached hydrogens (tertiary/aromatic N) is 1. The van der Waals surface area contributed by atoms with Gasteiger partial charge in [0.05, 0.1) is 18.9 Å². The average molecular weight is 179 g/mol. The summed E-state index contributed by atoms with van der Waals surface area (Å²) in [7, 11) is 0. The van der Waals surface area contributed by atoms with Gasteiger partial charge in [-0.05, 0) is 12.5 Å². The molecule has 0 amide bonds. The lowest BCUT2D eigenvalue weighted by Gasteiger charge is -2.04. The van der Waals surface area contributed by atoms with Gasteiger partial charge < -0.3 is 9.84 Å². The molecule has 0 atom stereocenters. The zero-order valence-electron chi connectivity index (χ0n) is 7.44. The fourth-order valence-electron chi connectivity index (χ4n) is 0.892. The van der Waals surface area contributed by atoms with Gasteiger partial charge >= 0.3 is 0 Å². The van der Waals surface area contributed by atoms with Crippen LogP contribution in [0.4, 0.5) is 0 Å². The van der Waals surface area contributed by atoms with Crippen LogP contribution in [0.3, 0.4) is 0 Å². The van der Waals surface area contributed by atoms with Crippen molar-refractivity contribution >= 4 is 0 Å². The molecule has 0 radical (unpaired) electrons. The highest BCUT2D eigenvalue weighted by molar-refractivity contribution is 5.22. The van der Waals surface area contributed by atoms with Crippen LogP contribution in [0.2, 0.25) is 0 Å². The number of hydrogen-bond donors (Lipinski definition) is 1. The number of ether oxygens (including phenoxy) is 1. The van der Waals surface area contributed by atoms with Gasteiger partial charge in [-0.15, -0.1) is 6.58 Å². The Labute approximate surface area is 77.7 Å². The Kier molecular flexibility index (Phi) is 3.99. The van der Waals surface area contributed by atoms with Crippen LogP contribution in [0.1, 0.15) is 12.1 Å². The molecule has 0 spiro atoms. The number of hydrogen-bond acceptors (Lipinski definition) is 3. The van der Waals surface area contributed by atoms with Crippen LogP contribution in [0.25, 0.3) is 0 Å². The topological polar surface area (TPSA) is 42.4 Å². The third-order valence-electron chi connectivity index (χ3n) is 1.54. The summed E-state index contributed by atoms with van der Waals surface area (Å²) < 4.78 is 5.37. The van der Waals surface area contributed by atoms with Gasteiger partial charge in [0, 0.05) is 12.3 Å². The number of pyridine rings is 1. The SMILES string of the molecule is C=CCCOc1ccnc(CO)c1. The van der Waals surface area contributed by atoms with Crippen LogP contribution in [0, 0.1) is 0 Å². The lowest BCUT2D eigenvalue weighted by Crippen LogP contribution is -1.97. The van der Waals surface area contributed by atoms with E-state index in [-0.39, 0.29) is 6.61 Å². The molecule has 3 nitrogen and oxygen atoms in total. The van der Waals surface area contributed by atoms with Crippen molar-refractivity contribution in [3.63, 3.8) is 0 Å². The first-order valence-electron chi connectivity index (χ1n) is 4.16. The minimum absolute atomic E-state index is 0.0569. The minimum atomic E-state index is -0.0569. The Bertz CT molecular complexity index is 273. The highest BCUT2D eigenvalue weighted by Crippen LogP contribution is 2.10. The van der Waals surface area contributed by atoms with Gasteiger partial charge in [-0.3, -0.25) is 4.98 Å². The third-order valence-corrected chi connectivity index (χ3v) is 1.54. The molecule has 0 aliphatic rings. The number of aliphatic hydroxyl groups excluding tert-OH is 1. The minimum Gasteiger partial charge on any atom is -0.493 e. The van der Waals surface area contributed by atoms with E-state index in [0.717, 1.165) is 12.2 Å². The normalized spacial score (nSPS) is 9.62.